The molecule has 0 aliphatic carbocycles. The Kier molecular flexibility index (Phi) is 4.99. The molecule has 2 aromatic rings. The highest BCUT2D eigenvalue weighted by atomic mass is 35.5. The van der Waals surface area contributed by atoms with E-state index in [1.54, 1.807) is 20.3 Å². The van der Waals surface area contributed by atoms with E-state index in [0.29, 0.717) is 28.1 Å². The Morgan fingerprint density at radius 3 is 2.40 bits per heavy atom. The van der Waals surface area contributed by atoms with E-state index in [1.807, 2.05) is 30.3 Å². The maximum atomic E-state index is 6.07. The molecule has 0 unspecified atom stereocenters. The third kappa shape index (κ3) is 3.50. The van der Waals surface area contributed by atoms with Crippen molar-refractivity contribution in [1.82, 2.24) is 0 Å². The van der Waals surface area contributed by atoms with Gasteiger partial charge in [-0.15, -0.1) is 0 Å². The average Bonchev–Trinajstić information content (AvgIpc) is 2.45. The van der Waals surface area contributed by atoms with Crippen LogP contribution in [0.15, 0.2) is 36.4 Å². The van der Waals surface area contributed by atoms with Crippen LogP contribution in [0.25, 0.3) is 0 Å². The van der Waals surface area contributed by atoms with Crippen molar-refractivity contribution < 1.29 is 9.47 Å². The van der Waals surface area contributed by atoms with Crippen LogP contribution in [0.4, 0.5) is 5.69 Å². The highest BCUT2D eigenvalue weighted by molar-refractivity contribution is 6.32. The summed E-state index contributed by atoms with van der Waals surface area (Å²) in [7, 11) is 3.18. The molecule has 0 heterocycles. The maximum Gasteiger partial charge on any atom is 0.143 e. The molecule has 5 heteroatoms. The summed E-state index contributed by atoms with van der Waals surface area (Å²) in [6.07, 6.45) is 0. The van der Waals surface area contributed by atoms with E-state index in [2.05, 4.69) is 5.32 Å². The average molecular weight is 312 g/mol. The fourth-order valence-corrected chi connectivity index (χ4v) is 2.29. The van der Waals surface area contributed by atoms with Gasteiger partial charge in [-0.25, -0.2) is 0 Å². The summed E-state index contributed by atoms with van der Waals surface area (Å²) in [6.45, 7) is 0.627. The van der Waals surface area contributed by atoms with Crippen LogP contribution in [-0.2, 0) is 6.54 Å². The van der Waals surface area contributed by atoms with Gasteiger partial charge in [0.25, 0.3) is 0 Å². The molecule has 0 amide bonds. The molecule has 0 spiro atoms. The highest BCUT2D eigenvalue weighted by Gasteiger charge is 2.09. The van der Waals surface area contributed by atoms with E-state index in [9.17, 15) is 0 Å². The SMILES string of the molecule is COc1cc(NCc2cccc(Cl)c2)c(OC)cc1Cl. The maximum absolute atomic E-state index is 6.07. The molecule has 0 radical (unpaired) electrons. The number of benzene rings is 2. The number of hydrogen-bond acceptors (Lipinski definition) is 3. The zero-order valence-electron chi connectivity index (χ0n) is 11.2. The molecule has 0 saturated heterocycles. The van der Waals surface area contributed by atoms with E-state index in [0.717, 1.165) is 11.3 Å². The lowest BCUT2D eigenvalue weighted by atomic mass is 10.2. The van der Waals surface area contributed by atoms with Crippen LogP contribution in [0.3, 0.4) is 0 Å². The van der Waals surface area contributed by atoms with Crippen molar-refractivity contribution in [2.24, 2.45) is 0 Å². The van der Waals surface area contributed by atoms with E-state index in [-0.39, 0.29) is 0 Å². The van der Waals surface area contributed by atoms with Crippen molar-refractivity contribution in [3.63, 3.8) is 0 Å². The summed E-state index contributed by atoms with van der Waals surface area (Å²) < 4.78 is 10.5. The second-order valence-electron chi connectivity index (χ2n) is 4.17. The second kappa shape index (κ2) is 6.73. The quantitative estimate of drug-likeness (QED) is 0.873. The minimum absolute atomic E-state index is 0.512. The first-order chi connectivity index (χ1) is 9.63. The summed E-state index contributed by atoms with van der Waals surface area (Å²) in [4.78, 5) is 0. The minimum atomic E-state index is 0.512. The topological polar surface area (TPSA) is 30.5 Å². The van der Waals surface area contributed by atoms with Crippen molar-refractivity contribution in [2.45, 2.75) is 6.54 Å². The first kappa shape index (κ1) is 14.8. The van der Waals surface area contributed by atoms with Crippen molar-refractivity contribution >= 4 is 28.9 Å². The van der Waals surface area contributed by atoms with Crippen LogP contribution < -0.4 is 14.8 Å². The van der Waals surface area contributed by atoms with E-state index < -0.39 is 0 Å². The van der Waals surface area contributed by atoms with Gasteiger partial charge in [0, 0.05) is 23.7 Å². The van der Waals surface area contributed by atoms with Gasteiger partial charge in [0.15, 0.2) is 0 Å². The molecule has 2 rings (SSSR count). The van der Waals surface area contributed by atoms with Crippen molar-refractivity contribution in [3.8, 4) is 11.5 Å². The number of ether oxygens (including phenoxy) is 2. The third-order valence-corrected chi connectivity index (χ3v) is 3.38. The zero-order valence-corrected chi connectivity index (χ0v) is 12.8. The summed E-state index contributed by atoms with van der Waals surface area (Å²) in [6, 6.07) is 11.2. The van der Waals surface area contributed by atoms with Gasteiger partial charge in [-0.3, -0.25) is 0 Å². The third-order valence-electron chi connectivity index (χ3n) is 2.85. The number of halogens is 2. The van der Waals surface area contributed by atoms with Crippen LogP contribution >= 0.6 is 23.2 Å². The van der Waals surface area contributed by atoms with Crippen LogP contribution in [0.1, 0.15) is 5.56 Å². The van der Waals surface area contributed by atoms with Crippen LogP contribution in [0.2, 0.25) is 10.0 Å². The molecule has 2 aromatic carbocycles. The summed E-state index contributed by atoms with van der Waals surface area (Å²) in [5.41, 5.74) is 1.89. The van der Waals surface area contributed by atoms with E-state index >= 15 is 0 Å². The fraction of sp³-hybridized carbons (Fsp3) is 0.200. The van der Waals surface area contributed by atoms with Crippen LogP contribution in [-0.4, -0.2) is 14.2 Å². The number of hydrogen-bond donors (Lipinski definition) is 1. The van der Waals surface area contributed by atoms with Gasteiger partial charge in [0.2, 0.25) is 0 Å². The molecular formula is C15H15Cl2NO2. The smallest absolute Gasteiger partial charge is 0.143 e. The fourth-order valence-electron chi connectivity index (χ4n) is 1.84. The number of rotatable bonds is 5. The Morgan fingerprint density at radius 1 is 1.00 bits per heavy atom. The molecule has 106 valence electrons. The van der Waals surface area contributed by atoms with Gasteiger partial charge < -0.3 is 14.8 Å². The Hall–Kier alpha value is -1.58. The molecule has 0 aliphatic rings. The first-order valence-corrected chi connectivity index (χ1v) is 6.79. The lowest BCUT2D eigenvalue weighted by Gasteiger charge is -2.14. The first-order valence-electron chi connectivity index (χ1n) is 6.04. The van der Waals surface area contributed by atoms with Gasteiger partial charge >= 0.3 is 0 Å². The molecule has 0 bridgehead atoms. The van der Waals surface area contributed by atoms with Gasteiger partial charge in [-0.2, -0.15) is 0 Å². The highest BCUT2D eigenvalue weighted by Crippen LogP contribution is 2.36. The summed E-state index contributed by atoms with van der Waals surface area (Å²) in [5, 5.41) is 4.51. The van der Waals surface area contributed by atoms with Crippen molar-refractivity contribution in [1.29, 1.82) is 0 Å². The molecule has 1 N–H and O–H groups in total. The molecule has 0 fully saturated rings. The molecule has 0 aliphatic heterocycles. The normalized spacial score (nSPS) is 10.2. The summed E-state index contributed by atoms with van der Waals surface area (Å²) in [5.74, 6) is 1.26. The molecular weight excluding hydrogens is 297 g/mol. The van der Waals surface area contributed by atoms with Crippen LogP contribution in [0.5, 0.6) is 11.5 Å². The van der Waals surface area contributed by atoms with Gasteiger partial charge in [0.05, 0.1) is 24.9 Å². The Bertz CT molecular complexity index is 602. The van der Waals surface area contributed by atoms with Gasteiger partial charge in [-0.1, -0.05) is 35.3 Å². The molecule has 0 aromatic heterocycles. The Balaban J connectivity index is 2.20. The lowest BCUT2D eigenvalue weighted by molar-refractivity contribution is 0.404. The largest absolute Gasteiger partial charge is 0.495 e. The number of anilines is 1. The second-order valence-corrected chi connectivity index (χ2v) is 5.01. The minimum Gasteiger partial charge on any atom is -0.495 e. The molecule has 0 saturated carbocycles. The molecule has 3 nitrogen and oxygen atoms in total. The monoisotopic (exact) mass is 311 g/mol. The molecule has 20 heavy (non-hydrogen) atoms. The van der Waals surface area contributed by atoms with Gasteiger partial charge in [-0.05, 0) is 17.7 Å². The number of methoxy groups -OCH3 is 2. The predicted molar refractivity (Wildman–Crippen MR) is 83.3 cm³/mol. The van der Waals surface area contributed by atoms with E-state index in [1.165, 1.54) is 0 Å². The Morgan fingerprint density at radius 2 is 1.75 bits per heavy atom. The van der Waals surface area contributed by atoms with Crippen LogP contribution in [0, 0.1) is 0 Å². The Labute approximate surface area is 128 Å². The lowest BCUT2D eigenvalue weighted by Crippen LogP contribution is -2.02. The summed E-state index contributed by atoms with van der Waals surface area (Å²) >= 11 is 12.0. The van der Waals surface area contributed by atoms with E-state index in [4.69, 9.17) is 32.7 Å². The molecule has 0 atom stereocenters. The zero-order chi connectivity index (χ0) is 14.5. The number of nitrogens with one attached hydrogen (secondary N) is 1. The predicted octanol–water partition coefficient (Wildman–Crippen LogP) is 4.62. The van der Waals surface area contributed by atoms with Crippen molar-refractivity contribution in [3.05, 3.63) is 52.0 Å². The van der Waals surface area contributed by atoms with Gasteiger partial charge in [0.1, 0.15) is 11.5 Å². The van der Waals surface area contributed by atoms with Crippen molar-refractivity contribution in [2.75, 3.05) is 19.5 Å². The standard InChI is InChI=1S/C15H15Cl2NO2/c1-19-14-8-13(15(20-2)7-12(14)17)18-9-10-4-3-5-11(16)6-10/h3-8,18H,9H2,1-2H3.